The molecule has 4 rings (SSSR count). The van der Waals surface area contributed by atoms with E-state index in [1.165, 1.54) is 12.1 Å². The van der Waals surface area contributed by atoms with E-state index in [-0.39, 0.29) is 17.2 Å². The predicted molar refractivity (Wildman–Crippen MR) is 115 cm³/mol. The molecule has 8 heteroatoms. The molecule has 2 aromatic rings. The fourth-order valence-electron chi connectivity index (χ4n) is 4.10. The number of nitro benzene ring substituents is 1. The number of rotatable bonds is 5. The van der Waals surface area contributed by atoms with Crippen LogP contribution in [0.5, 0.6) is 0 Å². The second-order valence-electron chi connectivity index (χ2n) is 7.66. The van der Waals surface area contributed by atoms with Gasteiger partial charge in [0.05, 0.1) is 16.2 Å². The molecule has 0 aliphatic carbocycles. The van der Waals surface area contributed by atoms with Crippen molar-refractivity contribution in [1.82, 2.24) is 0 Å². The summed E-state index contributed by atoms with van der Waals surface area (Å²) in [6, 6.07) is 11.6. The van der Waals surface area contributed by atoms with Gasteiger partial charge in [-0.25, -0.2) is 0 Å². The Morgan fingerprint density at radius 1 is 1.00 bits per heavy atom. The van der Waals surface area contributed by atoms with E-state index in [0.29, 0.717) is 24.3 Å². The van der Waals surface area contributed by atoms with Gasteiger partial charge in [-0.2, -0.15) is 0 Å². The number of anilines is 3. The summed E-state index contributed by atoms with van der Waals surface area (Å²) in [6.07, 6.45) is 4.56. The minimum Gasteiger partial charge on any atom is -0.371 e. The number of nitrogens with one attached hydrogen (secondary N) is 1. The molecule has 1 N–H and O–H groups in total. The van der Waals surface area contributed by atoms with E-state index in [2.05, 4.69) is 10.2 Å². The van der Waals surface area contributed by atoms with Crippen LogP contribution in [0, 0.1) is 10.1 Å². The number of nitrogens with zero attached hydrogens (tertiary/aromatic N) is 3. The molecular weight excluding hydrogens is 384 g/mol. The van der Waals surface area contributed by atoms with Gasteiger partial charge in [-0.3, -0.25) is 19.7 Å². The van der Waals surface area contributed by atoms with Gasteiger partial charge in [0.15, 0.2) is 0 Å². The van der Waals surface area contributed by atoms with Gasteiger partial charge in [0.25, 0.3) is 11.6 Å². The largest absolute Gasteiger partial charge is 0.371 e. The van der Waals surface area contributed by atoms with Crippen LogP contribution in [0.1, 0.15) is 42.5 Å². The van der Waals surface area contributed by atoms with Gasteiger partial charge in [0.2, 0.25) is 5.91 Å². The predicted octanol–water partition coefficient (Wildman–Crippen LogP) is 3.96. The number of amides is 2. The highest BCUT2D eigenvalue weighted by Crippen LogP contribution is 2.30. The molecule has 0 radical (unpaired) electrons. The molecule has 8 nitrogen and oxygen atoms in total. The molecule has 0 bridgehead atoms. The van der Waals surface area contributed by atoms with Crippen molar-refractivity contribution in [2.24, 2.45) is 0 Å². The van der Waals surface area contributed by atoms with Gasteiger partial charge in [-0.15, -0.1) is 0 Å². The van der Waals surface area contributed by atoms with Crippen LogP contribution in [0.4, 0.5) is 22.7 Å². The molecule has 156 valence electrons. The third-order valence-corrected chi connectivity index (χ3v) is 5.62. The molecule has 0 spiro atoms. The molecule has 2 aliphatic rings. The molecule has 0 atom stereocenters. The molecule has 2 saturated heterocycles. The third kappa shape index (κ3) is 4.12. The van der Waals surface area contributed by atoms with Gasteiger partial charge < -0.3 is 15.1 Å². The van der Waals surface area contributed by atoms with Gasteiger partial charge in [0.1, 0.15) is 0 Å². The molecule has 2 amide bonds. The molecule has 30 heavy (non-hydrogen) atoms. The molecule has 2 fully saturated rings. The molecule has 2 aromatic carbocycles. The highest BCUT2D eigenvalue weighted by atomic mass is 16.6. The maximum atomic E-state index is 13.1. The summed E-state index contributed by atoms with van der Waals surface area (Å²) in [5, 5.41) is 14.1. The van der Waals surface area contributed by atoms with Crippen LogP contribution in [-0.4, -0.2) is 36.4 Å². The minimum atomic E-state index is -0.490. The van der Waals surface area contributed by atoms with Crippen molar-refractivity contribution in [2.45, 2.75) is 32.1 Å². The quantitative estimate of drug-likeness (QED) is 0.597. The highest BCUT2D eigenvalue weighted by Gasteiger charge is 2.24. The molecule has 0 aromatic heterocycles. The van der Waals surface area contributed by atoms with E-state index in [1.54, 1.807) is 29.2 Å². The smallest absolute Gasteiger partial charge is 0.270 e. The second kappa shape index (κ2) is 8.52. The summed E-state index contributed by atoms with van der Waals surface area (Å²) >= 11 is 0. The number of benzene rings is 2. The van der Waals surface area contributed by atoms with Crippen molar-refractivity contribution in [1.29, 1.82) is 0 Å². The number of nitro groups is 1. The van der Waals surface area contributed by atoms with Crippen molar-refractivity contribution in [2.75, 3.05) is 34.8 Å². The van der Waals surface area contributed by atoms with Crippen LogP contribution in [0.2, 0.25) is 0 Å². The Labute approximate surface area is 174 Å². The first kappa shape index (κ1) is 19.9. The fourth-order valence-corrected chi connectivity index (χ4v) is 4.10. The Balaban J connectivity index is 1.61. The monoisotopic (exact) mass is 408 g/mol. The summed E-state index contributed by atoms with van der Waals surface area (Å²) in [5.74, 6) is -0.325. The number of carbonyl (C=O) groups excluding carboxylic acids is 2. The molecular formula is C22H24N4O4. The van der Waals surface area contributed by atoms with E-state index < -0.39 is 10.8 Å². The van der Waals surface area contributed by atoms with E-state index in [0.717, 1.165) is 44.5 Å². The van der Waals surface area contributed by atoms with Crippen molar-refractivity contribution in [3.05, 3.63) is 58.1 Å². The molecule has 0 saturated carbocycles. The van der Waals surface area contributed by atoms with Crippen molar-refractivity contribution in [3.8, 4) is 0 Å². The first-order valence-electron chi connectivity index (χ1n) is 10.3. The third-order valence-electron chi connectivity index (χ3n) is 5.62. The topological polar surface area (TPSA) is 95.8 Å². The Morgan fingerprint density at radius 2 is 1.80 bits per heavy atom. The number of carbonyl (C=O) groups is 2. The second-order valence-corrected chi connectivity index (χ2v) is 7.66. The minimum absolute atomic E-state index is 0.0737. The lowest BCUT2D eigenvalue weighted by molar-refractivity contribution is -0.384. The van der Waals surface area contributed by atoms with Gasteiger partial charge in [0, 0.05) is 49.6 Å². The van der Waals surface area contributed by atoms with Gasteiger partial charge >= 0.3 is 0 Å². The van der Waals surface area contributed by atoms with Crippen LogP contribution in [0.25, 0.3) is 0 Å². The van der Waals surface area contributed by atoms with Gasteiger partial charge in [-0.1, -0.05) is 6.07 Å². The Hall–Kier alpha value is -3.42. The first-order valence-corrected chi connectivity index (χ1v) is 10.3. The molecule has 2 aliphatic heterocycles. The zero-order valence-electron chi connectivity index (χ0n) is 16.7. The number of piperidine rings is 1. The average molecular weight is 408 g/mol. The lowest BCUT2D eigenvalue weighted by Crippen LogP contribution is -2.31. The summed E-state index contributed by atoms with van der Waals surface area (Å²) in [7, 11) is 0. The highest BCUT2D eigenvalue weighted by molar-refractivity contribution is 6.09. The summed E-state index contributed by atoms with van der Waals surface area (Å²) in [6.45, 7) is 2.31. The van der Waals surface area contributed by atoms with Crippen molar-refractivity contribution >= 4 is 34.6 Å². The number of hydrogen-bond donors (Lipinski definition) is 1. The van der Waals surface area contributed by atoms with Crippen LogP contribution in [-0.2, 0) is 4.79 Å². The lowest BCUT2D eigenvalue weighted by atomic mass is 10.1. The standard InChI is InChI=1S/C22H24N4O4/c27-21-8-5-13-25(21)17-7-4-6-16(14-17)23-22(28)19-15-18(26(29)30)9-10-20(19)24-11-2-1-3-12-24/h4,6-7,9-10,14-15H,1-3,5,8,11-13H2,(H,23,28). The van der Waals surface area contributed by atoms with E-state index in [9.17, 15) is 19.7 Å². The van der Waals surface area contributed by atoms with E-state index in [1.807, 2.05) is 6.07 Å². The SMILES string of the molecule is O=C(Nc1cccc(N2CCCC2=O)c1)c1cc([N+](=O)[O-])ccc1N1CCCCC1. The Bertz CT molecular complexity index is 985. The number of hydrogen-bond acceptors (Lipinski definition) is 5. The zero-order valence-corrected chi connectivity index (χ0v) is 16.7. The van der Waals surface area contributed by atoms with Crippen molar-refractivity contribution in [3.63, 3.8) is 0 Å². The average Bonchev–Trinajstić information content (AvgIpc) is 3.20. The summed E-state index contributed by atoms with van der Waals surface area (Å²) in [4.78, 5) is 39.7. The lowest BCUT2D eigenvalue weighted by Gasteiger charge is -2.30. The van der Waals surface area contributed by atoms with Crippen LogP contribution in [0.3, 0.4) is 0 Å². The first-order chi connectivity index (χ1) is 14.5. The summed E-state index contributed by atoms with van der Waals surface area (Å²) < 4.78 is 0. The van der Waals surface area contributed by atoms with E-state index >= 15 is 0 Å². The van der Waals surface area contributed by atoms with Crippen LogP contribution in [0.15, 0.2) is 42.5 Å². The maximum Gasteiger partial charge on any atom is 0.270 e. The summed E-state index contributed by atoms with van der Waals surface area (Å²) in [5.41, 5.74) is 2.17. The van der Waals surface area contributed by atoms with Crippen LogP contribution < -0.4 is 15.1 Å². The number of non-ortho nitro benzene ring substituents is 1. The van der Waals surface area contributed by atoms with Gasteiger partial charge in [-0.05, 0) is 49.9 Å². The Kier molecular flexibility index (Phi) is 5.65. The normalized spacial score (nSPS) is 16.6. The van der Waals surface area contributed by atoms with Crippen LogP contribution >= 0.6 is 0 Å². The zero-order chi connectivity index (χ0) is 21.1. The van der Waals surface area contributed by atoms with Crippen molar-refractivity contribution < 1.29 is 14.5 Å². The fraction of sp³-hybridized carbons (Fsp3) is 0.364. The molecule has 2 heterocycles. The maximum absolute atomic E-state index is 13.1. The Morgan fingerprint density at radius 3 is 2.50 bits per heavy atom. The van der Waals surface area contributed by atoms with E-state index in [4.69, 9.17) is 0 Å². The molecule has 0 unspecified atom stereocenters.